The summed E-state index contributed by atoms with van der Waals surface area (Å²) in [5.74, 6) is 0.480. The fourth-order valence-electron chi connectivity index (χ4n) is 2.61. The van der Waals surface area contributed by atoms with E-state index in [1.54, 1.807) is 0 Å². The zero-order valence-corrected chi connectivity index (χ0v) is 12.6. The molecular formula is C14H27N3O2. The second kappa shape index (κ2) is 6.89. The van der Waals surface area contributed by atoms with Crippen molar-refractivity contribution in [2.45, 2.75) is 40.0 Å². The molecule has 1 aliphatic heterocycles. The van der Waals surface area contributed by atoms with Gasteiger partial charge in [0.25, 0.3) is 0 Å². The van der Waals surface area contributed by atoms with Crippen LogP contribution in [0, 0.1) is 11.3 Å². The van der Waals surface area contributed by atoms with E-state index in [4.69, 9.17) is 0 Å². The topological polar surface area (TPSA) is 61.4 Å². The number of hydrogen-bond donors (Lipinski definition) is 2. The smallest absolute Gasteiger partial charge is 0.321 e. The summed E-state index contributed by atoms with van der Waals surface area (Å²) in [6, 6.07) is -0.438. The lowest BCUT2D eigenvalue weighted by Crippen LogP contribution is -2.43. The van der Waals surface area contributed by atoms with Gasteiger partial charge in [0.2, 0.25) is 5.91 Å². The van der Waals surface area contributed by atoms with Crippen molar-refractivity contribution >= 4 is 11.9 Å². The molecule has 0 aromatic rings. The summed E-state index contributed by atoms with van der Waals surface area (Å²) in [5.41, 5.74) is 0.334. The molecule has 0 radical (unpaired) electrons. The van der Waals surface area contributed by atoms with E-state index in [-0.39, 0.29) is 5.91 Å². The van der Waals surface area contributed by atoms with Crippen LogP contribution in [0.15, 0.2) is 0 Å². The predicted molar refractivity (Wildman–Crippen MR) is 75.8 cm³/mol. The fraction of sp³-hybridized carbons (Fsp3) is 0.857. The minimum Gasteiger partial charge on any atom is -0.341 e. The SMILES string of the molecule is CNC(=O)NC(=O)CN1CCC[C@H](C(C)(C)C)CC1. The van der Waals surface area contributed by atoms with E-state index in [0.29, 0.717) is 17.9 Å². The second-order valence-corrected chi connectivity index (χ2v) is 6.40. The molecule has 0 aliphatic carbocycles. The Kier molecular flexibility index (Phi) is 5.79. The molecule has 1 aliphatic rings. The van der Waals surface area contributed by atoms with Gasteiger partial charge in [-0.2, -0.15) is 0 Å². The normalized spacial score (nSPS) is 21.6. The third-order valence-corrected chi connectivity index (χ3v) is 3.89. The first-order chi connectivity index (χ1) is 8.82. The molecule has 1 fully saturated rings. The Morgan fingerprint density at radius 1 is 1.21 bits per heavy atom. The molecule has 3 amide bonds. The van der Waals surface area contributed by atoms with Crippen molar-refractivity contribution in [2.75, 3.05) is 26.7 Å². The van der Waals surface area contributed by atoms with Gasteiger partial charge < -0.3 is 5.32 Å². The first-order valence-electron chi connectivity index (χ1n) is 7.07. The fourth-order valence-corrected chi connectivity index (χ4v) is 2.61. The Morgan fingerprint density at radius 2 is 1.89 bits per heavy atom. The van der Waals surface area contributed by atoms with Crippen LogP contribution in [0.5, 0.6) is 0 Å². The number of nitrogens with zero attached hydrogens (tertiary/aromatic N) is 1. The number of rotatable bonds is 2. The number of carbonyl (C=O) groups is 2. The van der Waals surface area contributed by atoms with Crippen LogP contribution in [-0.2, 0) is 4.79 Å². The Balaban J connectivity index is 2.41. The van der Waals surface area contributed by atoms with Crippen molar-refractivity contribution in [3.63, 3.8) is 0 Å². The first kappa shape index (κ1) is 16.0. The first-order valence-corrected chi connectivity index (χ1v) is 7.07. The summed E-state index contributed by atoms with van der Waals surface area (Å²) in [4.78, 5) is 24.9. The van der Waals surface area contributed by atoms with Gasteiger partial charge in [0.15, 0.2) is 0 Å². The number of amides is 3. The molecule has 1 rings (SSSR count). The number of urea groups is 1. The molecular weight excluding hydrogens is 242 g/mol. The lowest BCUT2D eigenvalue weighted by molar-refractivity contribution is -0.121. The van der Waals surface area contributed by atoms with E-state index >= 15 is 0 Å². The van der Waals surface area contributed by atoms with Gasteiger partial charge in [-0.3, -0.25) is 15.0 Å². The van der Waals surface area contributed by atoms with Crippen LogP contribution < -0.4 is 10.6 Å². The van der Waals surface area contributed by atoms with Crippen LogP contribution in [0.25, 0.3) is 0 Å². The van der Waals surface area contributed by atoms with E-state index in [1.807, 2.05) is 0 Å². The van der Waals surface area contributed by atoms with Crippen LogP contribution in [-0.4, -0.2) is 43.5 Å². The van der Waals surface area contributed by atoms with Gasteiger partial charge in [-0.05, 0) is 43.7 Å². The van der Waals surface area contributed by atoms with Gasteiger partial charge in [-0.15, -0.1) is 0 Å². The van der Waals surface area contributed by atoms with Crippen molar-refractivity contribution in [3.8, 4) is 0 Å². The Hall–Kier alpha value is -1.10. The largest absolute Gasteiger partial charge is 0.341 e. The highest BCUT2D eigenvalue weighted by atomic mass is 16.2. The van der Waals surface area contributed by atoms with Crippen LogP contribution in [0.4, 0.5) is 4.79 Å². The van der Waals surface area contributed by atoms with Gasteiger partial charge in [0, 0.05) is 7.05 Å². The number of carbonyl (C=O) groups excluding carboxylic acids is 2. The molecule has 1 atom stereocenters. The van der Waals surface area contributed by atoms with Crippen LogP contribution in [0.1, 0.15) is 40.0 Å². The molecule has 19 heavy (non-hydrogen) atoms. The van der Waals surface area contributed by atoms with E-state index in [9.17, 15) is 9.59 Å². The maximum atomic E-state index is 11.7. The zero-order chi connectivity index (χ0) is 14.5. The predicted octanol–water partition coefficient (Wildman–Crippen LogP) is 1.59. The average molecular weight is 269 g/mol. The average Bonchev–Trinajstić information content (AvgIpc) is 2.53. The summed E-state index contributed by atoms with van der Waals surface area (Å²) in [6.45, 7) is 9.03. The van der Waals surface area contributed by atoms with Crippen molar-refractivity contribution in [1.82, 2.24) is 15.5 Å². The van der Waals surface area contributed by atoms with Crippen molar-refractivity contribution in [3.05, 3.63) is 0 Å². The van der Waals surface area contributed by atoms with Gasteiger partial charge in [0.1, 0.15) is 0 Å². The van der Waals surface area contributed by atoms with Gasteiger partial charge in [-0.1, -0.05) is 20.8 Å². The van der Waals surface area contributed by atoms with Crippen molar-refractivity contribution < 1.29 is 9.59 Å². The molecule has 0 spiro atoms. The van der Waals surface area contributed by atoms with Crippen LogP contribution in [0.2, 0.25) is 0 Å². The highest BCUT2D eigenvalue weighted by Crippen LogP contribution is 2.34. The third kappa shape index (κ3) is 5.59. The van der Waals surface area contributed by atoms with Gasteiger partial charge >= 0.3 is 6.03 Å². The molecule has 1 heterocycles. The van der Waals surface area contributed by atoms with Crippen molar-refractivity contribution in [2.24, 2.45) is 11.3 Å². The zero-order valence-electron chi connectivity index (χ0n) is 12.6. The Bertz CT molecular complexity index is 323. The van der Waals surface area contributed by atoms with Crippen molar-refractivity contribution in [1.29, 1.82) is 0 Å². The molecule has 110 valence electrons. The minimum atomic E-state index is -0.438. The van der Waals surface area contributed by atoms with E-state index < -0.39 is 6.03 Å². The standard InChI is InChI=1S/C14H27N3O2/c1-14(2,3)11-6-5-8-17(9-7-11)10-12(18)16-13(19)15-4/h11H,5-10H2,1-4H3,(H2,15,16,18,19)/t11-/m0/s1. The summed E-state index contributed by atoms with van der Waals surface area (Å²) in [6.07, 6.45) is 3.46. The molecule has 1 saturated heterocycles. The minimum absolute atomic E-state index is 0.228. The maximum absolute atomic E-state index is 11.7. The van der Waals surface area contributed by atoms with E-state index in [1.165, 1.54) is 13.5 Å². The lowest BCUT2D eigenvalue weighted by Gasteiger charge is -2.29. The molecule has 0 bridgehead atoms. The monoisotopic (exact) mass is 269 g/mol. The van der Waals surface area contributed by atoms with Crippen LogP contribution >= 0.6 is 0 Å². The highest BCUT2D eigenvalue weighted by Gasteiger charge is 2.27. The van der Waals surface area contributed by atoms with E-state index in [0.717, 1.165) is 25.9 Å². The number of imide groups is 1. The Labute approximate surface area is 116 Å². The van der Waals surface area contributed by atoms with Gasteiger partial charge in [0.05, 0.1) is 6.54 Å². The number of hydrogen-bond acceptors (Lipinski definition) is 3. The summed E-state index contributed by atoms with van der Waals surface area (Å²) in [7, 11) is 1.50. The molecule has 5 nitrogen and oxygen atoms in total. The van der Waals surface area contributed by atoms with Gasteiger partial charge in [-0.25, -0.2) is 4.79 Å². The number of likely N-dealkylation sites (tertiary alicyclic amines) is 1. The maximum Gasteiger partial charge on any atom is 0.321 e. The van der Waals surface area contributed by atoms with Crippen LogP contribution in [0.3, 0.4) is 0 Å². The summed E-state index contributed by atoms with van der Waals surface area (Å²) >= 11 is 0. The lowest BCUT2D eigenvalue weighted by atomic mass is 9.77. The summed E-state index contributed by atoms with van der Waals surface area (Å²) < 4.78 is 0. The molecule has 0 aromatic carbocycles. The molecule has 2 N–H and O–H groups in total. The number of nitrogens with one attached hydrogen (secondary N) is 2. The molecule has 0 aromatic heterocycles. The quantitative estimate of drug-likeness (QED) is 0.800. The molecule has 0 unspecified atom stereocenters. The third-order valence-electron chi connectivity index (χ3n) is 3.89. The summed E-state index contributed by atoms with van der Waals surface area (Å²) in [5, 5.41) is 4.69. The molecule has 0 saturated carbocycles. The van der Waals surface area contributed by atoms with E-state index in [2.05, 4.69) is 36.3 Å². The molecule has 5 heteroatoms. The Morgan fingerprint density at radius 3 is 2.47 bits per heavy atom. The highest BCUT2D eigenvalue weighted by molar-refractivity contribution is 5.95. The second-order valence-electron chi connectivity index (χ2n) is 6.40.